The van der Waals surface area contributed by atoms with Gasteiger partial charge >= 0.3 is 12.0 Å². The number of amides is 3. The fraction of sp³-hybridized carbons (Fsp3) is 0.250. The number of pyridine rings is 1. The van der Waals surface area contributed by atoms with Gasteiger partial charge in [0, 0.05) is 42.5 Å². The molecule has 206 valence electrons. The number of urea groups is 1. The van der Waals surface area contributed by atoms with E-state index in [1.54, 1.807) is 31.2 Å². The lowest BCUT2D eigenvalue weighted by molar-refractivity contribution is -0.143. The molecule has 3 amide bonds. The zero-order valence-electron chi connectivity index (χ0n) is 21.4. The van der Waals surface area contributed by atoms with Crippen LogP contribution in [0.4, 0.5) is 18.7 Å². The molecular formula is C28H25F2N5O4S. The van der Waals surface area contributed by atoms with Gasteiger partial charge in [0.2, 0.25) is 0 Å². The van der Waals surface area contributed by atoms with Gasteiger partial charge in [-0.2, -0.15) is 0 Å². The molecule has 1 saturated heterocycles. The molecule has 9 nitrogen and oxygen atoms in total. The van der Waals surface area contributed by atoms with Crippen LogP contribution in [0.25, 0.3) is 32.6 Å². The molecule has 3 heterocycles. The highest BCUT2D eigenvalue weighted by molar-refractivity contribution is 7.22. The SMILES string of the molecule is CCNC(=O)Nc1nc2c(F)c(-c3ccc(C(=O)N4CCCC(C(=O)O)C4)cc3)cc(-c3ncccc3F)c2s1. The van der Waals surface area contributed by atoms with E-state index in [0.717, 1.165) is 11.3 Å². The molecule has 1 fully saturated rings. The number of rotatable bonds is 6. The maximum Gasteiger partial charge on any atom is 0.321 e. The predicted molar refractivity (Wildman–Crippen MR) is 147 cm³/mol. The quantitative estimate of drug-likeness (QED) is 0.288. The third kappa shape index (κ3) is 5.34. The summed E-state index contributed by atoms with van der Waals surface area (Å²) in [5.74, 6) is -3.10. The summed E-state index contributed by atoms with van der Waals surface area (Å²) in [5.41, 5.74) is 1.13. The third-order valence-electron chi connectivity index (χ3n) is 6.68. The molecule has 12 heteroatoms. The molecule has 2 aromatic carbocycles. The molecule has 0 saturated carbocycles. The van der Waals surface area contributed by atoms with Crippen LogP contribution in [0, 0.1) is 17.6 Å². The van der Waals surface area contributed by atoms with Gasteiger partial charge in [-0.15, -0.1) is 0 Å². The van der Waals surface area contributed by atoms with Gasteiger partial charge in [-0.1, -0.05) is 23.5 Å². The van der Waals surface area contributed by atoms with Gasteiger partial charge in [0.1, 0.15) is 17.0 Å². The second kappa shape index (κ2) is 11.3. The first-order valence-corrected chi connectivity index (χ1v) is 13.5. The number of piperidine rings is 1. The van der Waals surface area contributed by atoms with Crippen LogP contribution in [0.1, 0.15) is 30.1 Å². The lowest BCUT2D eigenvalue weighted by Gasteiger charge is -2.30. The fourth-order valence-corrected chi connectivity index (χ4v) is 5.69. The molecule has 5 rings (SSSR count). The number of carbonyl (C=O) groups excluding carboxylic acids is 2. The Morgan fingerprint density at radius 1 is 1.15 bits per heavy atom. The van der Waals surface area contributed by atoms with E-state index in [9.17, 15) is 23.9 Å². The molecule has 0 radical (unpaired) electrons. The van der Waals surface area contributed by atoms with Crippen LogP contribution in [0.15, 0.2) is 48.7 Å². The van der Waals surface area contributed by atoms with Crippen LogP contribution in [0.5, 0.6) is 0 Å². The van der Waals surface area contributed by atoms with Crippen LogP contribution >= 0.6 is 11.3 Å². The Morgan fingerprint density at radius 3 is 2.62 bits per heavy atom. The van der Waals surface area contributed by atoms with Crippen LogP contribution < -0.4 is 10.6 Å². The van der Waals surface area contributed by atoms with Gasteiger partial charge in [-0.05, 0) is 55.7 Å². The van der Waals surface area contributed by atoms with Crippen molar-refractivity contribution in [3.63, 3.8) is 0 Å². The summed E-state index contributed by atoms with van der Waals surface area (Å²) < 4.78 is 31.0. The van der Waals surface area contributed by atoms with Crippen molar-refractivity contribution in [3.8, 4) is 22.4 Å². The summed E-state index contributed by atoms with van der Waals surface area (Å²) in [6.45, 7) is 2.74. The molecule has 2 aromatic heterocycles. The number of nitrogens with zero attached hydrogens (tertiary/aromatic N) is 3. The van der Waals surface area contributed by atoms with E-state index in [0.29, 0.717) is 47.3 Å². The van der Waals surface area contributed by atoms with E-state index >= 15 is 4.39 Å². The minimum atomic E-state index is -0.926. The monoisotopic (exact) mass is 565 g/mol. The smallest absolute Gasteiger partial charge is 0.321 e. The number of aliphatic carboxylic acids is 1. The maximum absolute atomic E-state index is 15.9. The van der Waals surface area contributed by atoms with Crippen LogP contribution in [-0.4, -0.2) is 57.5 Å². The number of benzene rings is 2. The molecular weight excluding hydrogens is 540 g/mol. The summed E-state index contributed by atoms with van der Waals surface area (Å²) in [5, 5.41) is 14.6. The van der Waals surface area contributed by atoms with Gasteiger partial charge in [0.05, 0.1) is 10.6 Å². The molecule has 1 aliphatic rings. The van der Waals surface area contributed by atoms with Crippen molar-refractivity contribution in [2.75, 3.05) is 25.0 Å². The van der Waals surface area contributed by atoms with Gasteiger partial charge in [-0.3, -0.25) is 19.9 Å². The van der Waals surface area contributed by atoms with Gasteiger partial charge in [-0.25, -0.2) is 18.6 Å². The molecule has 0 bridgehead atoms. The molecule has 1 aliphatic heterocycles. The highest BCUT2D eigenvalue weighted by atomic mass is 32.1. The van der Waals surface area contributed by atoms with Crippen molar-refractivity contribution in [2.24, 2.45) is 5.92 Å². The molecule has 3 N–H and O–H groups in total. The average molecular weight is 566 g/mol. The van der Waals surface area contributed by atoms with E-state index in [4.69, 9.17) is 0 Å². The number of anilines is 1. The highest BCUT2D eigenvalue weighted by Gasteiger charge is 2.29. The van der Waals surface area contributed by atoms with Crippen molar-refractivity contribution in [1.82, 2.24) is 20.2 Å². The number of carboxylic acids is 1. The molecule has 1 unspecified atom stereocenters. The summed E-state index contributed by atoms with van der Waals surface area (Å²) in [7, 11) is 0. The van der Waals surface area contributed by atoms with Crippen LogP contribution in [-0.2, 0) is 4.79 Å². The number of thiazole rings is 1. The lowest BCUT2D eigenvalue weighted by Crippen LogP contribution is -2.42. The normalized spacial score (nSPS) is 15.2. The zero-order chi connectivity index (χ0) is 28.4. The minimum Gasteiger partial charge on any atom is -0.481 e. The number of likely N-dealkylation sites (tertiary alicyclic amines) is 1. The topological polar surface area (TPSA) is 125 Å². The summed E-state index contributed by atoms with van der Waals surface area (Å²) >= 11 is 1.00. The summed E-state index contributed by atoms with van der Waals surface area (Å²) in [6.07, 6.45) is 2.55. The molecule has 0 spiro atoms. The molecule has 1 atom stereocenters. The Morgan fingerprint density at radius 2 is 1.93 bits per heavy atom. The Labute approximate surface area is 231 Å². The molecule has 0 aliphatic carbocycles. The van der Waals surface area contributed by atoms with Crippen LogP contribution in [0.2, 0.25) is 0 Å². The van der Waals surface area contributed by atoms with Gasteiger partial charge < -0.3 is 15.3 Å². The van der Waals surface area contributed by atoms with E-state index in [-0.39, 0.29) is 34.4 Å². The van der Waals surface area contributed by atoms with E-state index in [1.807, 2.05) is 0 Å². The fourth-order valence-electron chi connectivity index (χ4n) is 4.72. The third-order valence-corrected chi connectivity index (χ3v) is 7.68. The van der Waals surface area contributed by atoms with Crippen molar-refractivity contribution in [3.05, 3.63) is 65.9 Å². The van der Waals surface area contributed by atoms with Crippen LogP contribution in [0.3, 0.4) is 0 Å². The highest BCUT2D eigenvalue weighted by Crippen LogP contribution is 2.41. The van der Waals surface area contributed by atoms with Crippen molar-refractivity contribution >= 4 is 44.6 Å². The average Bonchev–Trinajstić information content (AvgIpc) is 3.38. The number of hydrogen-bond donors (Lipinski definition) is 3. The second-order valence-electron chi connectivity index (χ2n) is 9.31. The van der Waals surface area contributed by atoms with E-state index < -0.39 is 29.6 Å². The zero-order valence-corrected chi connectivity index (χ0v) is 22.2. The Bertz CT molecular complexity index is 1610. The first kappa shape index (κ1) is 27.1. The first-order chi connectivity index (χ1) is 19.3. The maximum atomic E-state index is 15.9. The number of nitrogens with one attached hydrogen (secondary N) is 2. The Hall–Kier alpha value is -4.45. The number of carbonyl (C=O) groups is 3. The standard InChI is InChI=1S/C28H25F2N5O4S/c1-2-31-27(39)34-28-33-23-21(30)18(13-19(24(23)40-28)22-20(29)6-3-11-32-22)15-7-9-16(10-8-15)25(36)35-12-4-5-17(14-35)26(37)38/h3,6-11,13,17H,2,4-5,12,14H2,1H3,(H,37,38)(H2,31,33,34,39). The molecule has 4 aromatic rings. The van der Waals surface area contributed by atoms with Gasteiger partial charge in [0.25, 0.3) is 5.91 Å². The van der Waals surface area contributed by atoms with Crippen molar-refractivity contribution in [2.45, 2.75) is 19.8 Å². The number of halogens is 2. The van der Waals surface area contributed by atoms with E-state index in [2.05, 4.69) is 20.6 Å². The minimum absolute atomic E-state index is 0.00633. The van der Waals surface area contributed by atoms with Crippen molar-refractivity contribution < 1.29 is 28.3 Å². The predicted octanol–water partition coefficient (Wildman–Crippen LogP) is 5.38. The summed E-state index contributed by atoms with van der Waals surface area (Å²) in [4.78, 5) is 46.4. The van der Waals surface area contributed by atoms with Gasteiger partial charge in [0.15, 0.2) is 10.9 Å². The second-order valence-corrected chi connectivity index (χ2v) is 10.3. The number of carboxylic acid groups (broad SMARTS) is 1. The largest absolute Gasteiger partial charge is 0.481 e. The number of fused-ring (bicyclic) bond motifs is 1. The molecule has 40 heavy (non-hydrogen) atoms. The number of hydrogen-bond acceptors (Lipinski definition) is 6. The van der Waals surface area contributed by atoms with E-state index in [1.165, 1.54) is 29.3 Å². The Balaban J connectivity index is 1.53. The lowest BCUT2D eigenvalue weighted by atomic mass is 9.96. The summed E-state index contributed by atoms with van der Waals surface area (Å²) in [6, 6.07) is 9.94. The first-order valence-electron chi connectivity index (χ1n) is 12.7. The number of aromatic nitrogens is 2. The Kier molecular flexibility index (Phi) is 7.69. The van der Waals surface area contributed by atoms with Crippen molar-refractivity contribution in [1.29, 1.82) is 0 Å².